The quantitative estimate of drug-likeness (QED) is 0.0261. The lowest BCUT2D eigenvalue weighted by Crippen LogP contribution is -2.30. The number of carbonyl (C=O) groups excluding carboxylic acids is 3. The fourth-order valence-corrected chi connectivity index (χ4v) is 10.5. The third kappa shape index (κ3) is 65.9. The smallest absolute Gasteiger partial charge is 0.306 e. The predicted molar refractivity (Wildman–Crippen MR) is 348 cm³/mol. The van der Waals surface area contributed by atoms with Crippen molar-refractivity contribution in [1.29, 1.82) is 0 Å². The van der Waals surface area contributed by atoms with E-state index in [0.29, 0.717) is 19.3 Å². The molecular weight excluding hydrogens is 985 g/mol. The Morgan fingerprint density at radius 2 is 0.487 bits per heavy atom. The monoisotopic (exact) mass is 1120 g/mol. The van der Waals surface area contributed by atoms with Crippen molar-refractivity contribution in [3.8, 4) is 0 Å². The lowest BCUT2D eigenvalue weighted by molar-refractivity contribution is -0.167. The Morgan fingerprint density at radius 1 is 0.263 bits per heavy atom. The molecule has 0 N–H and O–H groups in total. The lowest BCUT2D eigenvalue weighted by Gasteiger charge is -2.18. The van der Waals surface area contributed by atoms with Gasteiger partial charge in [-0.15, -0.1) is 0 Å². The van der Waals surface area contributed by atoms with Gasteiger partial charge in [-0.1, -0.05) is 351 Å². The standard InChI is InChI=1S/C74H134O6/c1-4-7-10-13-15-17-19-21-23-25-27-29-31-33-34-35-36-37-38-39-41-42-44-46-48-50-52-54-56-58-61-64-67-73(76)79-70-71(69-78-72(75)66-63-60-12-9-6-3)80-74(77)68-65-62-59-57-55-53-51-49-47-45-43-40-32-30-28-26-24-22-20-18-16-14-11-8-5-2/h8,11,16,18,22,24,28,30,40,43,71H,4-7,9-10,12-15,17,19-21,23,25-27,29,31-39,41-42,44-70H2,1-3H3/b11-8-,18-16-,24-22-,30-28-,43-40-. The molecule has 0 aromatic rings. The molecule has 0 saturated heterocycles. The first-order chi connectivity index (χ1) is 39.5. The third-order valence-electron chi connectivity index (χ3n) is 15.8. The molecule has 1 unspecified atom stereocenters. The maximum absolute atomic E-state index is 12.8. The summed E-state index contributed by atoms with van der Waals surface area (Å²) in [5, 5.41) is 0. The highest BCUT2D eigenvalue weighted by molar-refractivity contribution is 5.71. The van der Waals surface area contributed by atoms with Crippen molar-refractivity contribution in [2.45, 2.75) is 380 Å². The molecule has 0 bridgehead atoms. The first-order valence-corrected chi connectivity index (χ1v) is 35.3. The highest BCUT2D eigenvalue weighted by atomic mass is 16.6. The van der Waals surface area contributed by atoms with Crippen LogP contribution in [0.15, 0.2) is 60.8 Å². The number of carbonyl (C=O) groups is 3. The highest BCUT2D eigenvalue weighted by Gasteiger charge is 2.19. The summed E-state index contributed by atoms with van der Waals surface area (Å²) in [5.74, 6) is -0.875. The van der Waals surface area contributed by atoms with Crippen LogP contribution in [0.5, 0.6) is 0 Å². The van der Waals surface area contributed by atoms with Crippen LogP contribution in [0.4, 0.5) is 0 Å². The summed E-state index contributed by atoms with van der Waals surface area (Å²) in [5.41, 5.74) is 0. The average Bonchev–Trinajstić information content (AvgIpc) is 3.46. The summed E-state index contributed by atoms with van der Waals surface area (Å²) in [6, 6.07) is 0. The molecule has 0 fully saturated rings. The Morgan fingerprint density at radius 3 is 0.762 bits per heavy atom. The first kappa shape index (κ1) is 77.1. The number of rotatable bonds is 65. The molecule has 1 atom stereocenters. The predicted octanol–water partition coefficient (Wildman–Crippen LogP) is 24.3. The van der Waals surface area contributed by atoms with Gasteiger partial charge in [0.1, 0.15) is 13.2 Å². The van der Waals surface area contributed by atoms with Gasteiger partial charge in [-0.25, -0.2) is 0 Å². The van der Waals surface area contributed by atoms with Gasteiger partial charge < -0.3 is 14.2 Å². The van der Waals surface area contributed by atoms with Crippen LogP contribution in [-0.4, -0.2) is 37.2 Å². The number of esters is 3. The van der Waals surface area contributed by atoms with Crippen LogP contribution in [0.25, 0.3) is 0 Å². The Balaban J connectivity index is 3.93. The van der Waals surface area contributed by atoms with E-state index in [1.807, 2.05) is 0 Å². The highest BCUT2D eigenvalue weighted by Crippen LogP contribution is 2.19. The van der Waals surface area contributed by atoms with Gasteiger partial charge in [0, 0.05) is 19.3 Å². The van der Waals surface area contributed by atoms with Crippen molar-refractivity contribution in [2.75, 3.05) is 13.2 Å². The van der Waals surface area contributed by atoms with Gasteiger partial charge in [-0.2, -0.15) is 0 Å². The van der Waals surface area contributed by atoms with E-state index in [0.717, 1.165) is 103 Å². The van der Waals surface area contributed by atoms with Crippen molar-refractivity contribution >= 4 is 17.9 Å². The van der Waals surface area contributed by atoms with Crippen molar-refractivity contribution in [1.82, 2.24) is 0 Å². The van der Waals surface area contributed by atoms with Gasteiger partial charge >= 0.3 is 17.9 Å². The molecule has 0 aliphatic rings. The number of unbranched alkanes of at least 4 members (excludes halogenated alkanes) is 44. The summed E-state index contributed by atoms with van der Waals surface area (Å²) in [6.07, 6.45) is 88.9. The summed E-state index contributed by atoms with van der Waals surface area (Å²) < 4.78 is 16.8. The minimum Gasteiger partial charge on any atom is -0.462 e. The molecule has 0 rings (SSSR count). The molecule has 0 aliphatic carbocycles. The molecule has 0 amide bonds. The summed E-state index contributed by atoms with van der Waals surface area (Å²) in [6.45, 7) is 6.49. The van der Waals surface area contributed by atoms with Crippen molar-refractivity contribution in [3.05, 3.63) is 60.8 Å². The van der Waals surface area contributed by atoms with Crippen LogP contribution in [-0.2, 0) is 28.6 Å². The van der Waals surface area contributed by atoms with Crippen LogP contribution < -0.4 is 0 Å². The zero-order valence-electron chi connectivity index (χ0n) is 53.6. The zero-order chi connectivity index (χ0) is 57.8. The van der Waals surface area contributed by atoms with Crippen LogP contribution >= 0.6 is 0 Å². The molecule has 0 saturated carbocycles. The zero-order valence-corrected chi connectivity index (χ0v) is 53.6. The minimum atomic E-state index is -0.773. The summed E-state index contributed by atoms with van der Waals surface area (Å²) in [4.78, 5) is 38.0. The normalized spacial score (nSPS) is 12.4. The van der Waals surface area contributed by atoms with E-state index in [9.17, 15) is 14.4 Å². The molecule has 0 aromatic heterocycles. The molecule has 466 valence electrons. The average molecular weight is 1120 g/mol. The van der Waals surface area contributed by atoms with Gasteiger partial charge in [0.25, 0.3) is 0 Å². The summed E-state index contributed by atoms with van der Waals surface area (Å²) in [7, 11) is 0. The van der Waals surface area contributed by atoms with Gasteiger partial charge in [0.15, 0.2) is 6.10 Å². The topological polar surface area (TPSA) is 78.9 Å². The SMILES string of the molecule is CC/C=C\C/C=C\C/C=C\C/C=C\C/C=C\CCCCCCCCCCCC(=O)OC(COC(=O)CCCCCCC)COC(=O)CCCCCCCCCCCCCCCCCCCCCCCCCCCCCCCCCC. The molecule has 6 heteroatoms. The van der Waals surface area contributed by atoms with Gasteiger partial charge in [0.2, 0.25) is 0 Å². The van der Waals surface area contributed by atoms with Crippen LogP contribution in [0.1, 0.15) is 374 Å². The number of hydrogen-bond donors (Lipinski definition) is 0. The maximum atomic E-state index is 12.8. The van der Waals surface area contributed by atoms with Crippen LogP contribution in [0.3, 0.4) is 0 Å². The molecule has 80 heavy (non-hydrogen) atoms. The lowest BCUT2D eigenvalue weighted by atomic mass is 10.0. The molecular formula is C74H134O6. The first-order valence-electron chi connectivity index (χ1n) is 35.3. The van der Waals surface area contributed by atoms with Gasteiger partial charge in [0.05, 0.1) is 0 Å². The third-order valence-corrected chi connectivity index (χ3v) is 15.8. The Labute approximate surface area is 498 Å². The van der Waals surface area contributed by atoms with Gasteiger partial charge in [-0.05, 0) is 64.2 Å². The Hall–Kier alpha value is -2.89. The molecule has 0 aromatic carbocycles. The van der Waals surface area contributed by atoms with E-state index in [1.165, 1.54) is 231 Å². The van der Waals surface area contributed by atoms with E-state index in [2.05, 4.69) is 81.5 Å². The van der Waals surface area contributed by atoms with Crippen molar-refractivity contribution in [2.24, 2.45) is 0 Å². The maximum Gasteiger partial charge on any atom is 0.306 e. The van der Waals surface area contributed by atoms with E-state index in [1.54, 1.807) is 0 Å². The van der Waals surface area contributed by atoms with Crippen molar-refractivity contribution in [3.63, 3.8) is 0 Å². The second-order valence-electron chi connectivity index (χ2n) is 23.8. The van der Waals surface area contributed by atoms with E-state index >= 15 is 0 Å². The number of allylic oxidation sites excluding steroid dienone is 10. The Kier molecular flexibility index (Phi) is 66.1. The van der Waals surface area contributed by atoms with E-state index in [4.69, 9.17) is 14.2 Å². The van der Waals surface area contributed by atoms with Crippen LogP contribution in [0, 0.1) is 0 Å². The minimum absolute atomic E-state index is 0.0731. The second kappa shape index (κ2) is 68.6. The molecule has 0 radical (unpaired) electrons. The van der Waals surface area contributed by atoms with E-state index in [-0.39, 0.29) is 31.1 Å². The molecule has 0 heterocycles. The number of hydrogen-bond acceptors (Lipinski definition) is 6. The van der Waals surface area contributed by atoms with E-state index < -0.39 is 6.10 Å². The second-order valence-corrected chi connectivity index (χ2v) is 23.8. The largest absolute Gasteiger partial charge is 0.462 e. The molecule has 6 nitrogen and oxygen atoms in total. The summed E-state index contributed by atoms with van der Waals surface area (Å²) >= 11 is 0. The van der Waals surface area contributed by atoms with Gasteiger partial charge in [-0.3, -0.25) is 14.4 Å². The molecule has 0 spiro atoms. The fourth-order valence-electron chi connectivity index (χ4n) is 10.5. The van der Waals surface area contributed by atoms with Crippen LogP contribution in [0.2, 0.25) is 0 Å². The number of ether oxygens (including phenoxy) is 3. The van der Waals surface area contributed by atoms with Crippen molar-refractivity contribution < 1.29 is 28.6 Å². The molecule has 0 aliphatic heterocycles. The fraction of sp³-hybridized carbons (Fsp3) is 0.824. The Bertz CT molecular complexity index is 1430.